The van der Waals surface area contributed by atoms with Crippen molar-refractivity contribution in [2.45, 2.75) is 26.2 Å². The Morgan fingerprint density at radius 3 is 2.67 bits per heavy atom. The van der Waals surface area contributed by atoms with Gasteiger partial charge in [-0.1, -0.05) is 26.0 Å². The lowest BCUT2D eigenvalue weighted by atomic mass is 10.0. The minimum atomic E-state index is 0.0277. The molecule has 3 heteroatoms. The van der Waals surface area contributed by atoms with Crippen LogP contribution >= 0.6 is 0 Å². The Hall–Kier alpha value is -1.35. The Bertz CT molecular complexity index is 389. The molecule has 1 aromatic carbocycles. The van der Waals surface area contributed by atoms with Crippen LogP contribution in [0, 0.1) is 5.92 Å². The Balaban J connectivity index is 1.84. The van der Waals surface area contributed by atoms with E-state index >= 15 is 0 Å². The molecule has 1 saturated heterocycles. The fourth-order valence-corrected chi connectivity index (χ4v) is 2.01. The van der Waals surface area contributed by atoms with Crippen molar-refractivity contribution in [3.05, 3.63) is 29.8 Å². The molecule has 0 radical (unpaired) electrons. The van der Waals surface area contributed by atoms with Gasteiger partial charge in [0.25, 0.3) is 0 Å². The Morgan fingerprint density at radius 1 is 1.39 bits per heavy atom. The van der Waals surface area contributed by atoms with Crippen LogP contribution in [0.2, 0.25) is 0 Å². The molecule has 1 unspecified atom stereocenters. The van der Waals surface area contributed by atoms with Crippen molar-refractivity contribution in [1.29, 1.82) is 0 Å². The molecule has 1 aliphatic heterocycles. The van der Waals surface area contributed by atoms with Crippen molar-refractivity contribution in [2.24, 2.45) is 5.92 Å². The molecule has 18 heavy (non-hydrogen) atoms. The number of ketones is 1. The molecule has 0 saturated carbocycles. The quantitative estimate of drug-likeness (QED) is 0.803. The molecule has 0 spiro atoms. The van der Waals surface area contributed by atoms with Gasteiger partial charge in [0.05, 0.1) is 6.61 Å². The van der Waals surface area contributed by atoms with Crippen LogP contribution in [0.1, 0.15) is 31.7 Å². The minimum Gasteiger partial charge on any atom is -0.486 e. The summed E-state index contributed by atoms with van der Waals surface area (Å²) in [4.78, 5) is 11.8. The number of rotatable bonds is 5. The Morgan fingerprint density at radius 2 is 2.11 bits per heavy atom. The van der Waals surface area contributed by atoms with Crippen LogP contribution in [0.4, 0.5) is 0 Å². The summed E-state index contributed by atoms with van der Waals surface area (Å²) in [6, 6.07) is 7.94. The van der Waals surface area contributed by atoms with Crippen LogP contribution in [0.5, 0.6) is 5.75 Å². The number of hydrogen-bond donors (Lipinski definition) is 0. The first-order chi connectivity index (χ1) is 8.66. The van der Waals surface area contributed by atoms with Crippen LogP contribution in [0.3, 0.4) is 0 Å². The number of carbonyl (C=O) groups excluding carboxylic acids is 1. The highest BCUT2D eigenvalue weighted by atomic mass is 16.5. The maximum Gasteiger partial charge on any atom is 0.175 e. The molecule has 2 rings (SSSR count). The second-order valence-corrected chi connectivity index (χ2v) is 5.04. The standard InChI is InChI=1S/C15H20O3/c1-11(2)12-3-5-14(6-4-12)18-10-15(16)13-7-8-17-9-13/h3-6,11,13H,7-10H2,1-2H3. The number of ether oxygens (including phenoxy) is 2. The average molecular weight is 248 g/mol. The SMILES string of the molecule is CC(C)c1ccc(OCC(=O)C2CCOC2)cc1. The number of Topliss-reactive ketones (excluding diaryl/α,β-unsaturated/α-hetero) is 1. The van der Waals surface area contributed by atoms with Crippen LogP contribution < -0.4 is 4.74 Å². The van der Waals surface area contributed by atoms with E-state index in [1.807, 2.05) is 24.3 Å². The van der Waals surface area contributed by atoms with Crippen LogP contribution in [-0.2, 0) is 9.53 Å². The second-order valence-electron chi connectivity index (χ2n) is 5.04. The molecule has 0 aromatic heterocycles. The average Bonchev–Trinajstić information content (AvgIpc) is 2.90. The van der Waals surface area contributed by atoms with E-state index in [-0.39, 0.29) is 18.3 Å². The summed E-state index contributed by atoms with van der Waals surface area (Å²) < 4.78 is 10.7. The van der Waals surface area contributed by atoms with Gasteiger partial charge in [-0.25, -0.2) is 0 Å². The van der Waals surface area contributed by atoms with Gasteiger partial charge < -0.3 is 9.47 Å². The summed E-state index contributed by atoms with van der Waals surface area (Å²) in [5.41, 5.74) is 1.28. The van der Waals surface area contributed by atoms with E-state index in [4.69, 9.17) is 9.47 Å². The van der Waals surface area contributed by atoms with Crippen molar-refractivity contribution in [3.63, 3.8) is 0 Å². The third-order valence-electron chi connectivity index (χ3n) is 3.31. The van der Waals surface area contributed by atoms with Crippen LogP contribution in [0.25, 0.3) is 0 Å². The predicted octanol–water partition coefficient (Wildman–Crippen LogP) is 2.79. The van der Waals surface area contributed by atoms with E-state index in [0.29, 0.717) is 19.1 Å². The van der Waals surface area contributed by atoms with Gasteiger partial charge in [0.2, 0.25) is 0 Å². The van der Waals surface area contributed by atoms with Gasteiger partial charge in [-0.05, 0) is 30.0 Å². The van der Waals surface area contributed by atoms with E-state index in [1.54, 1.807) is 0 Å². The fourth-order valence-electron chi connectivity index (χ4n) is 2.01. The van der Waals surface area contributed by atoms with Gasteiger partial charge in [-0.15, -0.1) is 0 Å². The zero-order chi connectivity index (χ0) is 13.0. The van der Waals surface area contributed by atoms with Gasteiger partial charge in [-0.2, -0.15) is 0 Å². The highest BCUT2D eigenvalue weighted by Gasteiger charge is 2.23. The third-order valence-corrected chi connectivity index (χ3v) is 3.31. The molecule has 1 aromatic rings. The highest BCUT2D eigenvalue weighted by molar-refractivity contribution is 5.82. The fraction of sp³-hybridized carbons (Fsp3) is 0.533. The molecule has 0 amide bonds. The van der Waals surface area contributed by atoms with Crippen molar-refractivity contribution >= 4 is 5.78 Å². The summed E-state index contributed by atoms with van der Waals surface area (Å²) in [7, 11) is 0. The number of carbonyl (C=O) groups is 1. The zero-order valence-electron chi connectivity index (χ0n) is 11.0. The normalized spacial score (nSPS) is 19.2. The molecule has 0 bridgehead atoms. The predicted molar refractivity (Wildman–Crippen MR) is 70.0 cm³/mol. The minimum absolute atomic E-state index is 0.0277. The maximum absolute atomic E-state index is 11.8. The summed E-state index contributed by atoms with van der Waals surface area (Å²) >= 11 is 0. The van der Waals surface area contributed by atoms with Crippen LogP contribution in [0.15, 0.2) is 24.3 Å². The molecule has 1 aliphatic rings. The molecule has 0 aliphatic carbocycles. The summed E-state index contributed by atoms with van der Waals surface area (Å²) in [5.74, 6) is 1.43. The first kappa shape index (κ1) is 13.1. The van der Waals surface area contributed by atoms with Gasteiger partial charge in [0.1, 0.15) is 12.4 Å². The lowest BCUT2D eigenvalue weighted by Gasteiger charge is -2.10. The van der Waals surface area contributed by atoms with Crippen molar-refractivity contribution < 1.29 is 14.3 Å². The summed E-state index contributed by atoms with van der Waals surface area (Å²) in [5, 5.41) is 0. The topological polar surface area (TPSA) is 35.5 Å². The lowest BCUT2D eigenvalue weighted by Crippen LogP contribution is -2.21. The zero-order valence-corrected chi connectivity index (χ0v) is 11.0. The molecule has 1 heterocycles. The van der Waals surface area contributed by atoms with Gasteiger partial charge >= 0.3 is 0 Å². The largest absolute Gasteiger partial charge is 0.486 e. The monoisotopic (exact) mass is 248 g/mol. The van der Waals surface area contributed by atoms with Gasteiger partial charge in [0.15, 0.2) is 5.78 Å². The maximum atomic E-state index is 11.8. The third kappa shape index (κ3) is 3.33. The first-order valence-electron chi connectivity index (χ1n) is 6.50. The lowest BCUT2D eigenvalue weighted by molar-refractivity contribution is -0.124. The van der Waals surface area contributed by atoms with E-state index in [2.05, 4.69) is 13.8 Å². The Labute approximate surface area is 108 Å². The summed E-state index contributed by atoms with van der Waals surface area (Å²) in [6.45, 7) is 5.70. The molecule has 3 nitrogen and oxygen atoms in total. The summed E-state index contributed by atoms with van der Waals surface area (Å²) in [6.07, 6.45) is 0.828. The molecular formula is C15H20O3. The molecule has 98 valence electrons. The van der Waals surface area contributed by atoms with E-state index < -0.39 is 0 Å². The highest BCUT2D eigenvalue weighted by Crippen LogP contribution is 2.19. The van der Waals surface area contributed by atoms with Crippen molar-refractivity contribution in [1.82, 2.24) is 0 Å². The van der Waals surface area contributed by atoms with Gasteiger partial charge in [-0.3, -0.25) is 4.79 Å². The van der Waals surface area contributed by atoms with E-state index in [0.717, 1.165) is 12.2 Å². The van der Waals surface area contributed by atoms with Crippen molar-refractivity contribution in [2.75, 3.05) is 19.8 Å². The molecule has 0 N–H and O–H groups in total. The van der Waals surface area contributed by atoms with E-state index in [9.17, 15) is 4.79 Å². The second kappa shape index (κ2) is 6.01. The number of benzene rings is 1. The molecule has 1 fully saturated rings. The van der Waals surface area contributed by atoms with E-state index in [1.165, 1.54) is 5.56 Å². The van der Waals surface area contributed by atoms with Crippen LogP contribution in [-0.4, -0.2) is 25.6 Å². The molecular weight excluding hydrogens is 228 g/mol. The van der Waals surface area contributed by atoms with Gasteiger partial charge in [0, 0.05) is 12.5 Å². The van der Waals surface area contributed by atoms with Crippen molar-refractivity contribution in [3.8, 4) is 5.75 Å². The molecule has 1 atom stereocenters. The smallest absolute Gasteiger partial charge is 0.175 e. The Kier molecular flexibility index (Phi) is 4.37. The first-order valence-corrected chi connectivity index (χ1v) is 6.50. The number of hydrogen-bond acceptors (Lipinski definition) is 3.